The van der Waals surface area contributed by atoms with Gasteiger partial charge in [-0.3, -0.25) is 0 Å². The normalized spacial score (nSPS) is 10.9. The van der Waals surface area contributed by atoms with Crippen LogP contribution in [-0.4, -0.2) is 9.97 Å². The van der Waals surface area contributed by atoms with Crippen LogP contribution in [0.3, 0.4) is 0 Å². The van der Waals surface area contributed by atoms with Crippen LogP contribution in [0.15, 0.2) is 30.5 Å². The van der Waals surface area contributed by atoms with Gasteiger partial charge in [-0.15, -0.1) is 0 Å². The van der Waals surface area contributed by atoms with Crippen molar-refractivity contribution in [1.29, 1.82) is 0 Å². The van der Waals surface area contributed by atoms with Gasteiger partial charge in [0.15, 0.2) is 4.77 Å². The van der Waals surface area contributed by atoms with Crippen molar-refractivity contribution in [2.75, 3.05) is 0 Å². The number of nitrogens with one attached hydrogen (secondary N) is 1. The molecule has 94 valence electrons. The van der Waals surface area contributed by atoms with E-state index in [1.54, 1.807) is 0 Å². The first kappa shape index (κ1) is 13.0. The third-order valence-corrected chi connectivity index (χ3v) is 3.07. The molecule has 0 amide bonds. The maximum atomic E-state index is 5.10. The third kappa shape index (κ3) is 3.05. The van der Waals surface area contributed by atoms with E-state index in [0.29, 0.717) is 10.7 Å². The fourth-order valence-corrected chi connectivity index (χ4v) is 2.24. The van der Waals surface area contributed by atoms with E-state index in [9.17, 15) is 0 Å². The van der Waals surface area contributed by atoms with Gasteiger partial charge < -0.3 is 4.98 Å². The molecule has 0 aliphatic carbocycles. The van der Waals surface area contributed by atoms with Gasteiger partial charge in [0.2, 0.25) is 0 Å². The molecular formula is C15H18N2S. The van der Waals surface area contributed by atoms with Gasteiger partial charge in [0.1, 0.15) is 0 Å². The molecular weight excluding hydrogens is 240 g/mol. The monoisotopic (exact) mass is 258 g/mol. The molecule has 0 atom stereocenters. The molecule has 0 fully saturated rings. The summed E-state index contributed by atoms with van der Waals surface area (Å²) in [5, 5.41) is 0. The molecule has 0 saturated heterocycles. The van der Waals surface area contributed by atoms with Gasteiger partial charge in [0, 0.05) is 6.20 Å². The summed E-state index contributed by atoms with van der Waals surface area (Å²) in [6.45, 7) is 6.51. The summed E-state index contributed by atoms with van der Waals surface area (Å²) in [6, 6.07) is 8.61. The maximum absolute atomic E-state index is 5.10. The van der Waals surface area contributed by atoms with Crippen LogP contribution >= 0.6 is 12.2 Å². The van der Waals surface area contributed by atoms with Crippen molar-refractivity contribution in [1.82, 2.24) is 9.97 Å². The summed E-state index contributed by atoms with van der Waals surface area (Å²) in [5.74, 6) is 0.664. The Hall–Kier alpha value is -1.48. The minimum Gasteiger partial charge on any atom is -0.330 e. The zero-order valence-electron chi connectivity index (χ0n) is 11.0. The largest absolute Gasteiger partial charge is 0.330 e. The first-order valence-corrected chi connectivity index (χ1v) is 6.62. The molecule has 0 unspecified atom stereocenters. The number of nitrogens with zero attached hydrogens (tertiary/aromatic N) is 1. The van der Waals surface area contributed by atoms with Gasteiger partial charge in [0.05, 0.1) is 5.69 Å². The second-order valence-corrected chi connectivity index (χ2v) is 5.43. The van der Waals surface area contributed by atoms with Crippen LogP contribution in [0, 0.1) is 17.6 Å². The van der Waals surface area contributed by atoms with Crippen molar-refractivity contribution < 1.29 is 0 Å². The third-order valence-electron chi connectivity index (χ3n) is 2.86. The molecule has 0 aliphatic heterocycles. The summed E-state index contributed by atoms with van der Waals surface area (Å²) >= 11 is 5.10. The van der Waals surface area contributed by atoms with E-state index < -0.39 is 0 Å². The van der Waals surface area contributed by atoms with E-state index >= 15 is 0 Å². The van der Waals surface area contributed by atoms with Crippen molar-refractivity contribution in [2.45, 2.75) is 27.2 Å². The maximum Gasteiger partial charge on any atom is 0.197 e. The van der Waals surface area contributed by atoms with E-state index in [1.807, 2.05) is 13.1 Å². The fraction of sp³-hybridized carbons (Fsp3) is 0.333. The highest BCUT2D eigenvalue weighted by atomic mass is 32.1. The highest BCUT2D eigenvalue weighted by molar-refractivity contribution is 7.71. The first-order valence-electron chi connectivity index (χ1n) is 6.21. The van der Waals surface area contributed by atoms with Gasteiger partial charge in [-0.2, -0.15) is 0 Å². The Balaban J connectivity index is 2.44. The molecule has 2 nitrogen and oxygen atoms in total. The van der Waals surface area contributed by atoms with Gasteiger partial charge in [-0.1, -0.05) is 32.0 Å². The summed E-state index contributed by atoms with van der Waals surface area (Å²) in [4.78, 5) is 7.27. The van der Waals surface area contributed by atoms with Crippen molar-refractivity contribution >= 4 is 12.2 Å². The molecule has 1 heterocycles. The van der Waals surface area contributed by atoms with Crippen LogP contribution in [-0.2, 0) is 6.42 Å². The molecule has 1 aromatic carbocycles. The quantitative estimate of drug-likeness (QED) is 0.831. The Morgan fingerprint density at radius 3 is 2.83 bits per heavy atom. The zero-order chi connectivity index (χ0) is 13.1. The summed E-state index contributed by atoms with van der Waals surface area (Å²) in [6.07, 6.45) is 2.92. The Kier molecular flexibility index (Phi) is 3.92. The standard InChI is InChI=1S/C15H18N2S/c1-10(2)7-12-5-4-6-13(8-12)14-11(3)9-16-15(18)17-14/h4-6,8-10H,7H2,1-3H3,(H,16,17,18). The van der Waals surface area contributed by atoms with Crippen LogP contribution in [0.2, 0.25) is 0 Å². The average molecular weight is 258 g/mol. The molecule has 0 saturated carbocycles. The minimum absolute atomic E-state index is 0.532. The Morgan fingerprint density at radius 2 is 2.11 bits per heavy atom. The van der Waals surface area contributed by atoms with Gasteiger partial charge in [0.25, 0.3) is 0 Å². The van der Waals surface area contributed by atoms with Crippen molar-refractivity contribution in [2.24, 2.45) is 5.92 Å². The molecule has 0 radical (unpaired) electrons. The fourth-order valence-electron chi connectivity index (χ4n) is 2.08. The minimum atomic E-state index is 0.532. The molecule has 0 spiro atoms. The summed E-state index contributed by atoms with van der Waals surface area (Å²) < 4.78 is 0.532. The molecule has 2 aromatic rings. The lowest BCUT2D eigenvalue weighted by Crippen LogP contribution is -1.96. The molecule has 1 aromatic heterocycles. The Bertz CT molecular complexity index is 599. The van der Waals surface area contributed by atoms with E-state index in [0.717, 1.165) is 17.7 Å². The smallest absolute Gasteiger partial charge is 0.197 e. The second kappa shape index (κ2) is 5.44. The van der Waals surface area contributed by atoms with Crippen molar-refractivity contribution in [3.05, 3.63) is 46.4 Å². The van der Waals surface area contributed by atoms with Crippen LogP contribution in [0.5, 0.6) is 0 Å². The molecule has 0 aliphatic rings. The van der Waals surface area contributed by atoms with Crippen LogP contribution in [0.25, 0.3) is 11.3 Å². The number of aromatic amines is 1. The van der Waals surface area contributed by atoms with E-state index in [-0.39, 0.29) is 0 Å². The van der Waals surface area contributed by atoms with Crippen LogP contribution < -0.4 is 0 Å². The number of H-pyrrole nitrogens is 1. The van der Waals surface area contributed by atoms with Gasteiger partial charge in [-0.25, -0.2) is 4.98 Å². The van der Waals surface area contributed by atoms with Gasteiger partial charge >= 0.3 is 0 Å². The predicted octanol–water partition coefficient (Wildman–Crippen LogP) is 4.31. The Morgan fingerprint density at radius 1 is 1.33 bits per heavy atom. The lowest BCUT2D eigenvalue weighted by Gasteiger charge is -2.09. The van der Waals surface area contributed by atoms with Crippen molar-refractivity contribution in [3.8, 4) is 11.3 Å². The number of hydrogen-bond donors (Lipinski definition) is 1. The highest BCUT2D eigenvalue weighted by Gasteiger charge is 2.04. The topological polar surface area (TPSA) is 28.7 Å². The number of hydrogen-bond acceptors (Lipinski definition) is 2. The van der Waals surface area contributed by atoms with Gasteiger partial charge in [-0.05, 0) is 54.2 Å². The molecule has 18 heavy (non-hydrogen) atoms. The molecule has 3 heteroatoms. The van der Waals surface area contributed by atoms with E-state index in [4.69, 9.17) is 12.2 Å². The SMILES string of the molecule is Cc1cnc(=S)[nH]c1-c1cccc(CC(C)C)c1. The number of aromatic nitrogens is 2. The highest BCUT2D eigenvalue weighted by Crippen LogP contribution is 2.22. The van der Waals surface area contributed by atoms with Crippen molar-refractivity contribution in [3.63, 3.8) is 0 Å². The van der Waals surface area contributed by atoms with Crippen LogP contribution in [0.4, 0.5) is 0 Å². The second-order valence-electron chi connectivity index (χ2n) is 5.04. The lowest BCUT2D eigenvalue weighted by molar-refractivity contribution is 0.647. The lowest BCUT2D eigenvalue weighted by atomic mass is 9.99. The van der Waals surface area contributed by atoms with E-state index in [2.05, 4.69) is 48.1 Å². The number of rotatable bonds is 3. The number of aryl methyl sites for hydroxylation is 1. The summed E-state index contributed by atoms with van der Waals surface area (Å²) in [5.41, 5.74) is 4.73. The molecule has 2 rings (SSSR count). The molecule has 0 bridgehead atoms. The average Bonchev–Trinajstić information content (AvgIpc) is 2.32. The summed E-state index contributed by atoms with van der Waals surface area (Å²) in [7, 11) is 0. The zero-order valence-corrected chi connectivity index (χ0v) is 11.8. The number of benzene rings is 1. The Labute approximate surface area is 113 Å². The molecule has 1 N–H and O–H groups in total. The van der Waals surface area contributed by atoms with Crippen LogP contribution in [0.1, 0.15) is 25.0 Å². The van der Waals surface area contributed by atoms with E-state index in [1.165, 1.54) is 11.1 Å². The predicted molar refractivity (Wildman–Crippen MR) is 78.1 cm³/mol. The first-order chi connectivity index (χ1) is 8.56.